The highest BCUT2D eigenvalue weighted by Crippen LogP contribution is 2.29. The SMILES string of the molecule is CNc1nc(OC2CCCC(C)C2)c2[nH]cnc2n1. The van der Waals surface area contributed by atoms with Crippen molar-refractivity contribution in [2.24, 2.45) is 5.92 Å². The van der Waals surface area contributed by atoms with Gasteiger partial charge < -0.3 is 15.0 Å². The molecule has 2 atom stereocenters. The highest BCUT2D eigenvalue weighted by atomic mass is 16.5. The van der Waals surface area contributed by atoms with Crippen molar-refractivity contribution in [3.8, 4) is 5.88 Å². The normalized spacial score (nSPS) is 23.5. The quantitative estimate of drug-likeness (QED) is 0.887. The van der Waals surface area contributed by atoms with Gasteiger partial charge in [-0.3, -0.25) is 0 Å². The Hall–Kier alpha value is -1.85. The van der Waals surface area contributed by atoms with E-state index in [9.17, 15) is 0 Å². The van der Waals surface area contributed by atoms with E-state index in [0.717, 1.165) is 24.3 Å². The van der Waals surface area contributed by atoms with Crippen LogP contribution in [0, 0.1) is 5.92 Å². The molecule has 1 saturated carbocycles. The molecule has 1 aliphatic rings. The maximum Gasteiger partial charge on any atom is 0.245 e. The smallest absolute Gasteiger partial charge is 0.245 e. The lowest BCUT2D eigenvalue weighted by molar-refractivity contribution is 0.125. The standard InChI is InChI=1S/C13H19N5O/c1-8-4-3-5-9(6-8)19-12-10-11(16-7-15-10)17-13(14-2)18-12/h7-9H,3-6H2,1-2H3,(H2,14,15,16,17,18). The number of nitrogens with one attached hydrogen (secondary N) is 2. The Bertz CT molecular complexity index is 567. The third-order valence-corrected chi connectivity index (χ3v) is 3.64. The van der Waals surface area contributed by atoms with Gasteiger partial charge >= 0.3 is 0 Å². The lowest BCUT2D eigenvalue weighted by Crippen LogP contribution is -2.24. The number of nitrogens with zero attached hydrogens (tertiary/aromatic N) is 3. The van der Waals surface area contributed by atoms with Crippen molar-refractivity contribution in [1.29, 1.82) is 0 Å². The second-order valence-electron chi connectivity index (χ2n) is 5.22. The molecule has 0 bridgehead atoms. The van der Waals surface area contributed by atoms with Crippen LogP contribution in [0.5, 0.6) is 5.88 Å². The molecule has 2 unspecified atom stereocenters. The minimum atomic E-state index is 0.245. The van der Waals surface area contributed by atoms with Crippen LogP contribution in [0.4, 0.5) is 5.95 Å². The first-order chi connectivity index (χ1) is 9.26. The number of ether oxygens (including phenoxy) is 1. The summed E-state index contributed by atoms with van der Waals surface area (Å²) in [5, 5.41) is 2.94. The molecular weight excluding hydrogens is 242 g/mol. The number of imidazole rings is 1. The highest BCUT2D eigenvalue weighted by molar-refractivity contribution is 5.76. The van der Waals surface area contributed by atoms with Crippen LogP contribution in [-0.2, 0) is 0 Å². The molecule has 2 heterocycles. The minimum Gasteiger partial charge on any atom is -0.473 e. The molecule has 6 heteroatoms. The fourth-order valence-electron chi connectivity index (χ4n) is 2.65. The molecule has 1 aliphatic carbocycles. The third-order valence-electron chi connectivity index (χ3n) is 3.64. The molecule has 0 aromatic carbocycles. The number of fused-ring (bicyclic) bond motifs is 1. The van der Waals surface area contributed by atoms with Crippen molar-refractivity contribution in [2.45, 2.75) is 38.7 Å². The van der Waals surface area contributed by atoms with Gasteiger partial charge in [-0.25, -0.2) is 4.98 Å². The molecule has 0 spiro atoms. The molecule has 0 saturated heterocycles. The van der Waals surface area contributed by atoms with Crippen LogP contribution in [0.15, 0.2) is 6.33 Å². The summed E-state index contributed by atoms with van der Waals surface area (Å²) in [5.74, 6) is 1.87. The van der Waals surface area contributed by atoms with E-state index < -0.39 is 0 Å². The summed E-state index contributed by atoms with van der Waals surface area (Å²) >= 11 is 0. The molecule has 102 valence electrons. The van der Waals surface area contributed by atoms with Crippen molar-refractivity contribution in [3.05, 3.63) is 6.33 Å². The molecule has 19 heavy (non-hydrogen) atoms. The average Bonchev–Trinajstić information content (AvgIpc) is 2.87. The van der Waals surface area contributed by atoms with Crippen LogP contribution < -0.4 is 10.1 Å². The molecule has 2 aromatic heterocycles. The summed E-state index contributed by atoms with van der Waals surface area (Å²) in [6.45, 7) is 2.28. The molecule has 2 N–H and O–H groups in total. The molecule has 0 aliphatic heterocycles. The van der Waals surface area contributed by atoms with Crippen molar-refractivity contribution in [1.82, 2.24) is 19.9 Å². The summed E-state index contributed by atoms with van der Waals surface area (Å²) in [7, 11) is 1.79. The Kier molecular flexibility index (Phi) is 3.23. The Morgan fingerprint density at radius 1 is 1.37 bits per heavy atom. The van der Waals surface area contributed by atoms with Gasteiger partial charge in [-0.2, -0.15) is 9.97 Å². The Morgan fingerprint density at radius 3 is 3.05 bits per heavy atom. The van der Waals surface area contributed by atoms with E-state index in [0.29, 0.717) is 17.5 Å². The maximum atomic E-state index is 6.08. The van der Waals surface area contributed by atoms with Gasteiger partial charge in [0, 0.05) is 7.05 Å². The average molecular weight is 261 g/mol. The third kappa shape index (κ3) is 2.47. The molecule has 3 rings (SSSR count). The number of anilines is 1. The largest absolute Gasteiger partial charge is 0.473 e. The predicted octanol–water partition coefficient (Wildman–Crippen LogP) is 2.35. The predicted molar refractivity (Wildman–Crippen MR) is 73.3 cm³/mol. The van der Waals surface area contributed by atoms with Crippen LogP contribution >= 0.6 is 0 Å². The Labute approximate surface area is 112 Å². The lowest BCUT2D eigenvalue weighted by atomic mass is 9.89. The van der Waals surface area contributed by atoms with Crippen molar-refractivity contribution in [3.63, 3.8) is 0 Å². The van der Waals surface area contributed by atoms with Crippen LogP contribution in [0.3, 0.4) is 0 Å². The summed E-state index contributed by atoms with van der Waals surface area (Å²) in [6, 6.07) is 0. The van der Waals surface area contributed by atoms with Crippen molar-refractivity contribution < 1.29 is 4.74 Å². The van der Waals surface area contributed by atoms with Crippen LogP contribution in [0.25, 0.3) is 11.2 Å². The molecule has 2 aromatic rings. The lowest BCUT2D eigenvalue weighted by Gasteiger charge is -2.27. The van der Waals surface area contributed by atoms with Gasteiger partial charge in [-0.15, -0.1) is 0 Å². The fraction of sp³-hybridized carbons (Fsp3) is 0.615. The number of H-pyrrole nitrogens is 1. The summed E-state index contributed by atoms with van der Waals surface area (Å²) in [6.07, 6.45) is 6.57. The molecular formula is C13H19N5O. The Morgan fingerprint density at radius 2 is 2.26 bits per heavy atom. The minimum absolute atomic E-state index is 0.245. The van der Waals surface area contributed by atoms with Gasteiger partial charge in [0.15, 0.2) is 5.65 Å². The molecule has 6 nitrogen and oxygen atoms in total. The van der Waals surface area contributed by atoms with E-state index in [-0.39, 0.29) is 6.10 Å². The second-order valence-corrected chi connectivity index (χ2v) is 5.22. The first kappa shape index (κ1) is 12.2. The Balaban J connectivity index is 1.88. The molecule has 0 radical (unpaired) electrons. The zero-order chi connectivity index (χ0) is 13.2. The second kappa shape index (κ2) is 5.03. The van der Waals surface area contributed by atoms with Crippen molar-refractivity contribution >= 4 is 17.1 Å². The summed E-state index contributed by atoms with van der Waals surface area (Å²) < 4.78 is 6.08. The number of rotatable bonds is 3. The maximum absolute atomic E-state index is 6.08. The number of aromatic nitrogens is 4. The van der Waals surface area contributed by atoms with Crippen LogP contribution in [0.1, 0.15) is 32.6 Å². The highest BCUT2D eigenvalue weighted by Gasteiger charge is 2.22. The van der Waals surface area contributed by atoms with Crippen LogP contribution in [-0.4, -0.2) is 33.1 Å². The van der Waals surface area contributed by atoms with Crippen LogP contribution in [0.2, 0.25) is 0 Å². The van der Waals surface area contributed by atoms with E-state index in [1.54, 1.807) is 13.4 Å². The van der Waals surface area contributed by atoms with E-state index in [1.165, 1.54) is 12.8 Å². The summed E-state index contributed by atoms with van der Waals surface area (Å²) in [5.41, 5.74) is 1.41. The topological polar surface area (TPSA) is 75.7 Å². The van der Waals surface area contributed by atoms with Crippen molar-refractivity contribution in [2.75, 3.05) is 12.4 Å². The van der Waals surface area contributed by atoms with E-state index >= 15 is 0 Å². The van der Waals surface area contributed by atoms with Gasteiger partial charge in [-0.1, -0.05) is 13.3 Å². The monoisotopic (exact) mass is 261 g/mol. The number of hydrogen-bond donors (Lipinski definition) is 2. The molecule has 1 fully saturated rings. The number of hydrogen-bond acceptors (Lipinski definition) is 5. The van der Waals surface area contributed by atoms with Gasteiger partial charge in [0.2, 0.25) is 11.8 Å². The van der Waals surface area contributed by atoms with Gasteiger partial charge in [0.1, 0.15) is 11.6 Å². The molecule has 0 amide bonds. The first-order valence-corrected chi connectivity index (χ1v) is 6.82. The van der Waals surface area contributed by atoms with E-state index in [4.69, 9.17) is 4.74 Å². The zero-order valence-electron chi connectivity index (χ0n) is 11.3. The first-order valence-electron chi connectivity index (χ1n) is 6.82. The van der Waals surface area contributed by atoms with Gasteiger partial charge in [0.25, 0.3) is 0 Å². The van der Waals surface area contributed by atoms with Gasteiger partial charge in [0.05, 0.1) is 6.33 Å². The zero-order valence-corrected chi connectivity index (χ0v) is 11.3. The number of aromatic amines is 1. The van der Waals surface area contributed by atoms with E-state index in [1.807, 2.05) is 0 Å². The van der Waals surface area contributed by atoms with Gasteiger partial charge in [-0.05, 0) is 25.2 Å². The summed E-state index contributed by atoms with van der Waals surface area (Å²) in [4.78, 5) is 15.9. The van der Waals surface area contributed by atoms with E-state index in [2.05, 4.69) is 32.2 Å². The fourth-order valence-corrected chi connectivity index (χ4v) is 2.65.